The van der Waals surface area contributed by atoms with E-state index < -0.39 is 18.1 Å². The second-order valence-corrected chi connectivity index (χ2v) is 4.96. The predicted octanol–water partition coefficient (Wildman–Crippen LogP) is -0.00800. The number of nitrogens with zero attached hydrogens (tertiary/aromatic N) is 1. The summed E-state index contributed by atoms with van der Waals surface area (Å²) >= 11 is 0. The summed E-state index contributed by atoms with van der Waals surface area (Å²) < 4.78 is 5.42. The summed E-state index contributed by atoms with van der Waals surface area (Å²) in [5.74, 6) is -1.24. The number of carbonyl (C=O) groups is 2. The van der Waals surface area contributed by atoms with Crippen LogP contribution < -0.4 is 0 Å². The number of hydrogen-bond donors (Lipinski definition) is 2. The number of β-amino-alcohol motifs (C(OH)–C–C–N with tert-alkyl or cyclic N) is 1. The number of hydrogen-bond acceptors (Lipinski definition) is 4. The molecular formula is C12H19NO5. The maximum absolute atomic E-state index is 12.0. The molecule has 0 aromatic heterocycles. The molecule has 0 aromatic rings. The van der Waals surface area contributed by atoms with Gasteiger partial charge in [-0.3, -0.25) is 4.79 Å². The highest BCUT2D eigenvalue weighted by molar-refractivity contribution is 5.84. The summed E-state index contributed by atoms with van der Waals surface area (Å²) in [7, 11) is 0. The molecule has 3 atom stereocenters. The standard InChI is InChI=1S/C12H19NO5/c14-8-6-10(12(16)17)13(7-8)11(15)4-3-9-2-1-5-18-9/h8-10,14H,1-7H2,(H,16,17)/t8-,9?,10-/m0/s1. The fraction of sp³-hybridized carbons (Fsp3) is 0.833. The van der Waals surface area contributed by atoms with Crippen LogP contribution in [0.2, 0.25) is 0 Å². The molecule has 0 bridgehead atoms. The minimum Gasteiger partial charge on any atom is -0.480 e. The SMILES string of the molecule is O=C(O)[C@@H]1C[C@H](O)CN1C(=O)CCC1CCCO1. The second kappa shape index (κ2) is 5.67. The third kappa shape index (κ3) is 3.00. The lowest BCUT2D eigenvalue weighted by Crippen LogP contribution is -2.40. The van der Waals surface area contributed by atoms with Crippen molar-refractivity contribution in [1.29, 1.82) is 0 Å². The van der Waals surface area contributed by atoms with E-state index >= 15 is 0 Å². The van der Waals surface area contributed by atoms with Crippen LogP contribution in [0.1, 0.15) is 32.1 Å². The van der Waals surface area contributed by atoms with Gasteiger partial charge in [-0.1, -0.05) is 0 Å². The van der Waals surface area contributed by atoms with E-state index in [1.807, 2.05) is 0 Å². The van der Waals surface area contributed by atoms with Crippen LogP contribution in [0.3, 0.4) is 0 Å². The van der Waals surface area contributed by atoms with Gasteiger partial charge < -0.3 is 19.8 Å². The second-order valence-electron chi connectivity index (χ2n) is 4.96. The van der Waals surface area contributed by atoms with Gasteiger partial charge in [-0.15, -0.1) is 0 Å². The first kappa shape index (κ1) is 13.3. The van der Waals surface area contributed by atoms with Crippen LogP contribution in [-0.4, -0.2) is 58.4 Å². The fourth-order valence-electron chi connectivity index (χ4n) is 2.62. The molecule has 102 valence electrons. The van der Waals surface area contributed by atoms with Crippen molar-refractivity contribution in [2.24, 2.45) is 0 Å². The van der Waals surface area contributed by atoms with Gasteiger partial charge in [-0.05, 0) is 19.3 Å². The number of carbonyl (C=O) groups excluding carboxylic acids is 1. The van der Waals surface area contributed by atoms with Gasteiger partial charge in [0.05, 0.1) is 12.2 Å². The van der Waals surface area contributed by atoms with E-state index in [-0.39, 0.29) is 25.0 Å². The number of rotatable bonds is 4. The smallest absolute Gasteiger partial charge is 0.326 e. The molecule has 1 unspecified atom stereocenters. The lowest BCUT2D eigenvalue weighted by atomic mass is 10.1. The van der Waals surface area contributed by atoms with Crippen LogP contribution in [-0.2, 0) is 14.3 Å². The maximum Gasteiger partial charge on any atom is 0.326 e. The highest BCUT2D eigenvalue weighted by Crippen LogP contribution is 2.22. The molecule has 2 fully saturated rings. The van der Waals surface area contributed by atoms with Gasteiger partial charge in [0.2, 0.25) is 5.91 Å². The first-order valence-electron chi connectivity index (χ1n) is 6.40. The van der Waals surface area contributed by atoms with Gasteiger partial charge in [0.1, 0.15) is 6.04 Å². The van der Waals surface area contributed by atoms with Crippen molar-refractivity contribution in [2.75, 3.05) is 13.2 Å². The van der Waals surface area contributed by atoms with Crippen LogP contribution in [0, 0.1) is 0 Å². The first-order valence-corrected chi connectivity index (χ1v) is 6.40. The van der Waals surface area contributed by atoms with Crippen molar-refractivity contribution >= 4 is 11.9 Å². The van der Waals surface area contributed by atoms with Gasteiger partial charge in [-0.2, -0.15) is 0 Å². The van der Waals surface area contributed by atoms with Crippen molar-refractivity contribution in [3.8, 4) is 0 Å². The van der Waals surface area contributed by atoms with E-state index in [1.165, 1.54) is 4.90 Å². The molecule has 0 aromatic carbocycles. The van der Waals surface area contributed by atoms with Crippen LogP contribution in [0.5, 0.6) is 0 Å². The number of carboxylic acids is 1. The van der Waals surface area contributed by atoms with Crippen LogP contribution in [0.15, 0.2) is 0 Å². The highest BCUT2D eigenvalue weighted by atomic mass is 16.5. The zero-order valence-corrected chi connectivity index (χ0v) is 10.2. The van der Waals surface area contributed by atoms with E-state index in [0.717, 1.165) is 19.4 Å². The molecule has 2 rings (SSSR count). The fourth-order valence-corrected chi connectivity index (χ4v) is 2.62. The molecule has 2 heterocycles. The van der Waals surface area contributed by atoms with E-state index in [0.29, 0.717) is 12.8 Å². The summed E-state index contributed by atoms with van der Waals surface area (Å²) in [5.41, 5.74) is 0. The lowest BCUT2D eigenvalue weighted by molar-refractivity contribution is -0.148. The highest BCUT2D eigenvalue weighted by Gasteiger charge is 2.38. The van der Waals surface area contributed by atoms with Crippen LogP contribution in [0.25, 0.3) is 0 Å². The molecule has 2 saturated heterocycles. The molecule has 6 heteroatoms. The van der Waals surface area contributed by atoms with Crippen molar-refractivity contribution < 1.29 is 24.5 Å². The Labute approximate surface area is 106 Å². The maximum atomic E-state index is 12.0. The summed E-state index contributed by atoms with van der Waals surface area (Å²) in [5, 5.41) is 18.5. The Bertz CT molecular complexity index is 326. The molecule has 0 saturated carbocycles. The summed E-state index contributed by atoms with van der Waals surface area (Å²) in [6.45, 7) is 0.875. The monoisotopic (exact) mass is 257 g/mol. The van der Waals surface area contributed by atoms with Crippen molar-refractivity contribution in [1.82, 2.24) is 4.90 Å². The quantitative estimate of drug-likeness (QED) is 0.739. The van der Waals surface area contributed by atoms with Gasteiger partial charge >= 0.3 is 5.97 Å². The van der Waals surface area contributed by atoms with Crippen molar-refractivity contribution in [2.45, 2.75) is 50.4 Å². The van der Waals surface area contributed by atoms with Crippen molar-refractivity contribution in [3.05, 3.63) is 0 Å². The Morgan fingerprint density at radius 1 is 1.39 bits per heavy atom. The predicted molar refractivity (Wildman–Crippen MR) is 62.0 cm³/mol. The molecule has 1 amide bonds. The number of carboxylic acid groups (broad SMARTS) is 1. The average molecular weight is 257 g/mol. The summed E-state index contributed by atoms with van der Waals surface area (Å²) in [6, 6.07) is -0.878. The summed E-state index contributed by atoms with van der Waals surface area (Å²) in [4.78, 5) is 24.2. The number of ether oxygens (including phenoxy) is 1. The van der Waals surface area contributed by atoms with Gasteiger partial charge in [0.15, 0.2) is 0 Å². The zero-order valence-electron chi connectivity index (χ0n) is 10.2. The molecule has 0 aliphatic carbocycles. The van der Waals surface area contributed by atoms with E-state index in [2.05, 4.69) is 0 Å². The number of aliphatic carboxylic acids is 1. The van der Waals surface area contributed by atoms with Gasteiger partial charge in [-0.25, -0.2) is 4.79 Å². The van der Waals surface area contributed by atoms with Gasteiger partial charge in [0, 0.05) is 26.0 Å². The Morgan fingerprint density at radius 2 is 2.17 bits per heavy atom. The molecule has 2 aliphatic rings. The Hall–Kier alpha value is -1.14. The van der Waals surface area contributed by atoms with E-state index in [4.69, 9.17) is 9.84 Å². The van der Waals surface area contributed by atoms with Crippen LogP contribution >= 0.6 is 0 Å². The molecule has 0 spiro atoms. The lowest BCUT2D eigenvalue weighted by Gasteiger charge is -2.21. The average Bonchev–Trinajstić information content (AvgIpc) is 2.94. The number of amides is 1. The summed E-state index contributed by atoms with van der Waals surface area (Å²) in [6.07, 6.45) is 2.46. The first-order chi connectivity index (χ1) is 8.58. The molecule has 0 radical (unpaired) electrons. The number of likely N-dealkylation sites (tertiary alicyclic amines) is 1. The Kier molecular flexibility index (Phi) is 4.19. The minimum atomic E-state index is -1.04. The third-order valence-electron chi connectivity index (χ3n) is 3.59. The Balaban J connectivity index is 1.85. The van der Waals surface area contributed by atoms with E-state index in [9.17, 15) is 14.7 Å². The number of aliphatic hydroxyl groups is 1. The molecule has 18 heavy (non-hydrogen) atoms. The molecule has 6 nitrogen and oxygen atoms in total. The van der Waals surface area contributed by atoms with Crippen LogP contribution in [0.4, 0.5) is 0 Å². The largest absolute Gasteiger partial charge is 0.480 e. The minimum absolute atomic E-state index is 0.126. The molecule has 2 N–H and O–H groups in total. The topological polar surface area (TPSA) is 87.1 Å². The van der Waals surface area contributed by atoms with Gasteiger partial charge in [0.25, 0.3) is 0 Å². The zero-order chi connectivity index (χ0) is 13.1. The molecular weight excluding hydrogens is 238 g/mol. The normalized spacial score (nSPS) is 31.8. The number of aliphatic hydroxyl groups excluding tert-OH is 1. The van der Waals surface area contributed by atoms with Crippen molar-refractivity contribution in [3.63, 3.8) is 0 Å². The van der Waals surface area contributed by atoms with E-state index in [1.54, 1.807) is 0 Å². The molecule has 2 aliphatic heterocycles. The third-order valence-corrected chi connectivity index (χ3v) is 3.59. The Morgan fingerprint density at radius 3 is 2.78 bits per heavy atom.